The monoisotopic (exact) mass is 567 g/mol. The predicted octanol–water partition coefficient (Wildman–Crippen LogP) is 4.07. The maximum absolute atomic E-state index is 13.0. The number of amides is 3. The first-order chi connectivity index (χ1) is 19.7. The summed E-state index contributed by atoms with van der Waals surface area (Å²) in [4.78, 5) is 43.7. The Morgan fingerprint density at radius 2 is 1.68 bits per heavy atom. The molecule has 0 bridgehead atoms. The summed E-state index contributed by atoms with van der Waals surface area (Å²) in [5, 5.41) is 8.05. The lowest BCUT2D eigenvalue weighted by atomic mass is 10.1. The molecule has 12 heteroatoms. The Morgan fingerprint density at radius 3 is 2.46 bits per heavy atom. The Morgan fingerprint density at radius 1 is 0.902 bits per heavy atom. The topological polar surface area (TPSA) is 113 Å². The molecule has 2 aromatic carbocycles. The number of nitrogens with zero attached hydrogens (tertiary/aromatic N) is 2. The first kappa shape index (κ1) is 29.4. The number of ether oxygens (including phenoxy) is 1. The summed E-state index contributed by atoms with van der Waals surface area (Å²) < 4.78 is 44.2. The normalized spacial score (nSPS) is 14.0. The molecule has 0 atom stereocenters. The van der Waals surface area contributed by atoms with Gasteiger partial charge in [0.15, 0.2) is 0 Å². The largest absolute Gasteiger partial charge is 0.416 e. The number of carbonyl (C=O) groups excluding carboxylic acids is 3. The van der Waals surface area contributed by atoms with Crippen LogP contribution >= 0.6 is 0 Å². The molecule has 3 amide bonds. The molecule has 3 aromatic rings. The fourth-order valence-electron chi connectivity index (χ4n) is 4.00. The molecule has 1 saturated heterocycles. The third kappa shape index (κ3) is 8.98. The molecule has 0 radical (unpaired) electrons. The Bertz CT molecular complexity index is 1420. The number of aromatic nitrogens is 1. The van der Waals surface area contributed by atoms with Crippen molar-refractivity contribution in [3.05, 3.63) is 95.3 Å². The summed E-state index contributed by atoms with van der Waals surface area (Å²) in [6.07, 6.45) is 1.04. The molecule has 0 unspecified atom stereocenters. The van der Waals surface area contributed by atoms with Crippen molar-refractivity contribution in [3.8, 4) is 0 Å². The van der Waals surface area contributed by atoms with Crippen molar-refractivity contribution in [3.63, 3.8) is 0 Å². The zero-order chi connectivity index (χ0) is 29.2. The number of halogens is 3. The van der Waals surface area contributed by atoms with Crippen molar-refractivity contribution in [1.82, 2.24) is 15.2 Å². The molecular weight excluding hydrogens is 539 g/mol. The molecule has 3 N–H and O–H groups in total. The number of anilines is 2. The highest BCUT2D eigenvalue weighted by Crippen LogP contribution is 2.29. The maximum Gasteiger partial charge on any atom is 0.416 e. The van der Waals surface area contributed by atoms with Crippen LogP contribution in [-0.4, -0.2) is 67.0 Å². The quantitative estimate of drug-likeness (QED) is 0.336. The van der Waals surface area contributed by atoms with Crippen molar-refractivity contribution in [1.29, 1.82) is 0 Å². The van der Waals surface area contributed by atoms with Crippen molar-refractivity contribution < 1.29 is 32.3 Å². The summed E-state index contributed by atoms with van der Waals surface area (Å²) in [5.41, 5.74) is 0.486. The van der Waals surface area contributed by atoms with E-state index >= 15 is 0 Å². The Kier molecular flexibility index (Phi) is 9.82. The van der Waals surface area contributed by atoms with Crippen LogP contribution in [0.15, 0.2) is 73.1 Å². The van der Waals surface area contributed by atoms with Gasteiger partial charge in [-0.3, -0.25) is 24.3 Å². The van der Waals surface area contributed by atoms with Gasteiger partial charge in [0.2, 0.25) is 5.91 Å². The van der Waals surface area contributed by atoms with Crippen LogP contribution in [0.1, 0.15) is 31.8 Å². The minimum atomic E-state index is -4.56. The van der Waals surface area contributed by atoms with Gasteiger partial charge < -0.3 is 20.7 Å². The standard InChI is InChI=1S/C29H28F3N5O4/c30-29(31,32)23-5-2-4-21(16-23)28(40)36-24-6-1-3-20(15-24)7-8-26(38)35-25-17-22(18-33-19-25)27(39)34-9-10-37-11-13-41-14-12-37/h1-8,15-19H,9-14H2,(H,34,39)(H,35,38)(H,36,40)/b8-7+. The van der Waals surface area contributed by atoms with E-state index in [1.165, 1.54) is 42.7 Å². The second-order valence-electron chi connectivity index (χ2n) is 9.15. The number of morpholine rings is 1. The van der Waals surface area contributed by atoms with Gasteiger partial charge in [-0.2, -0.15) is 13.2 Å². The number of rotatable bonds is 9. The number of hydrogen-bond acceptors (Lipinski definition) is 6. The average molecular weight is 568 g/mol. The highest BCUT2D eigenvalue weighted by atomic mass is 19.4. The van der Waals surface area contributed by atoms with E-state index in [0.717, 1.165) is 25.2 Å². The van der Waals surface area contributed by atoms with E-state index in [1.54, 1.807) is 24.3 Å². The molecular formula is C29H28F3N5O4. The molecule has 214 valence electrons. The Labute approximate surface area is 234 Å². The van der Waals surface area contributed by atoms with Gasteiger partial charge in [0.1, 0.15) is 0 Å². The number of alkyl halides is 3. The zero-order valence-corrected chi connectivity index (χ0v) is 21.9. The summed E-state index contributed by atoms with van der Waals surface area (Å²) in [6.45, 7) is 4.19. The van der Waals surface area contributed by atoms with Crippen molar-refractivity contribution in [2.24, 2.45) is 0 Å². The fourth-order valence-corrected chi connectivity index (χ4v) is 4.00. The van der Waals surface area contributed by atoms with Crippen LogP contribution in [0.2, 0.25) is 0 Å². The number of carbonyl (C=O) groups is 3. The summed E-state index contributed by atoms with van der Waals surface area (Å²) in [6, 6.07) is 12.1. The number of pyridine rings is 1. The Balaban J connectivity index is 1.30. The molecule has 1 fully saturated rings. The van der Waals surface area contributed by atoms with E-state index in [9.17, 15) is 27.6 Å². The molecule has 4 rings (SSSR count). The van der Waals surface area contributed by atoms with Gasteiger partial charge in [-0.05, 0) is 48.0 Å². The van der Waals surface area contributed by atoms with Gasteiger partial charge in [-0.25, -0.2) is 0 Å². The van der Waals surface area contributed by atoms with E-state index < -0.39 is 23.6 Å². The number of benzene rings is 2. The van der Waals surface area contributed by atoms with Crippen molar-refractivity contribution in [2.75, 3.05) is 50.0 Å². The second kappa shape index (κ2) is 13.7. The zero-order valence-electron chi connectivity index (χ0n) is 21.9. The van der Waals surface area contributed by atoms with Crippen molar-refractivity contribution >= 4 is 35.2 Å². The molecule has 1 aliphatic rings. The third-order valence-corrected chi connectivity index (χ3v) is 6.11. The van der Waals surface area contributed by atoms with Crippen LogP contribution in [0.4, 0.5) is 24.5 Å². The average Bonchev–Trinajstić information content (AvgIpc) is 2.96. The second-order valence-corrected chi connectivity index (χ2v) is 9.15. The lowest BCUT2D eigenvalue weighted by Crippen LogP contribution is -2.41. The van der Waals surface area contributed by atoms with Crippen LogP contribution < -0.4 is 16.0 Å². The lowest BCUT2D eigenvalue weighted by molar-refractivity contribution is -0.137. The molecule has 2 heterocycles. The molecule has 9 nitrogen and oxygen atoms in total. The third-order valence-electron chi connectivity index (χ3n) is 6.11. The van der Waals surface area contributed by atoms with E-state index in [2.05, 4.69) is 25.8 Å². The van der Waals surface area contributed by atoms with Gasteiger partial charge >= 0.3 is 6.18 Å². The van der Waals surface area contributed by atoms with Crippen LogP contribution in [0.25, 0.3) is 6.08 Å². The van der Waals surface area contributed by atoms with Gasteiger partial charge in [0.05, 0.1) is 36.2 Å². The number of hydrogen-bond donors (Lipinski definition) is 3. The van der Waals surface area contributed by atoms with E-state index in [4.69, 9.17) is 4.74 Å². The van der Waals surface area contributed by atoms with E-state index in [-0.39, 0.29) is 11.5 Å². The highest BCUT2D eigenvalue weighted by molar-refractivity contribution is 6.05. The van der Waals surface area contributed by atoms with E-state index in [0.29, 0.717) is 48.8 Å². The highest BCUT2D eigenvalue weighted by Gasteiger charge is 2.30. The minimum absolute atomic E-state index is 0.137. The molecule has 0 spiro atoms. The van der Waals surface area contributed by atoms with Crippen LogP contribution in [0.5, 0.6) is 0 Å². The van der Waals surface area contributed by atoms with Crippen LogP contribution in [-0.2, 0) is 15.7 Å². The van der Waals surface area contributed by atoms with Gasteiger partial charge in [-0.1, -0.05) is 18.2 Å². The summed E-state index contributed by atoms with van der Waals surface area (Å²) in [5.74, 6) is -1.48. The maximum atomic E-state index is 13.0. The smallest absolute Gasteiger partial charge is 0.379 e. The Hall–Kier alpha value is -4.55. The molecule has 0 aliphatic carbocycles. The van der Waals surface area contributed by atoms with Crippen molar-refractivity contribution in [2.45, 2.75) is 6.18 Å². The van der Waals surface area contributed by atoms with Crippen LogP contribution in [0, 0.1) is 0 Å². The first-order valence-corrected chi connectivity index (χ1v) is 12.8. The molecule has 1 aliphatic heterocycles. The first-order valence-electron chi connectivity index (χ1n) is 12.8. The number of nitrogens with one attached hydrogen (secondary N) is 3. The van der Waals surface area contributed by atoms with E-state index in [1.807, 2.05) is 0 Å². The fraction of sp³-hybridized carbons (Fsp3) is 0.241. The SMILES string of the molecule is O=C(/C=C/c1cccc(NC(=O)c2cccc(C(F)(F)F)c2)c1)Nc1cncc(C(=O)NCCN2CCOCC2)c1. The van der Waals surface area contributed by atoms with Gasteiger partial charge in [-0.15, -0.1) is 0 Å². The molecule has 41 heavy (non-hydrogen) atoms. The predicted molar refractivity (Wildman–Crippen MR) is 147 cm³/mol. The molecule has 0 saturated carbocycles. The minimum Gasteiger partial charge on any atom is -0.379 e. The van der Waals surface area contributed by atoms with Crippen LogP contribution in [0.3, 0.4) is 0 Å². The summed E-state index contributed by atoms with van der Waals surface area (Å²) >= 11 is 0. The van der Waals surface area contributed by atoms with Gasteiger partial charge in [0, 0.05) is 49.7 Å². The lowest BCUT2D eigenvalue weighted by Gasteiger charge is -2.26. The molecule has 1 aromatic heterocycles. The summed E-state index contributed by atoms with van der Waals surface area (Å²) in [7, 11) is 0. The van der Waals surface area contributed by atoms with Gasteiger partial charge in [0.25, 0.3) is 11.8 Å².